The lowest BCUT2D eigenvalue weighted by molar-refractivity contribution is 0.0689. The molecule has 0 atom stereocenters. The summed E-state index contributed by atoms with van der Waals surface area (Å²) in [6.45, 7) is 1.94. The summed E-state index contributed by atoms with van der Waals surface area (Å²) in [5, 5.41) is 8.91. The Labute approximate surface area is 88.4 Å². The molecule has 1 N–H and O–H groups in total. The van der Waals surface area contributed by atoms with E-state index in [-0.39, 0.29) is 5.69 Å². The minimum atomic E-state index is -0.965. The fraction of sp³-hybridized carbons (Fsp3) is 0.545. The van der Waals surface area contributed by atoms with E-state index >= 15 is 0 Å². The molecule has 1 aliphatic carbocycles. The number of hydrogen-bond acceptors (Lipinski definition) is 3. The van der Waals surface area contributed by atoms with E-state index < -0.39 is 5.97 Å². The molecule has 15 heavy (non-hydrogen) atoms. The van der Waals surface area contributed by atoms with Crippen LogP contribution in [0.15, 0.2) is 6.07 Å². The maximum absolute atomic E-state index is 10.9. The van der Waals surface area contributed by atoms with Gasteiger partial charge in [0.25, 0.3) is 0 Å². The number of carboxylic acids is 1. The fourth-order valence-electron chi connectivity index (χ4n) is 1.70. The first kappa shape index (κ1) is 10.1. The predicted octanol–water partition coefficient (Wildman–Crippen LogP) is 2.00. The van der Waals surface area contributed by atoms with Crippen LogP contribution in [0.1, 0.15) is 54.1 Å². The van der Waals surface area contributed by atoms with Gasteiger partial charge in [0.05, 0.1) is 0 Å². The zero-order valence-electron chi connectivity index (χ0n) is 8.73. The summed E-state index contributed by atoms with van der Waals surface area (Å²) < 4.78 is 0. The minimum absolute atomic E-state index is 0.128. The van der Waals surface area contributed by atoms with Crippen LogP contribution in [-0.4, -0.2) is 21.0 Å². The first-order valence-electron chi connectivity index (χ1n) is 5.32. The summed E-state index contributed by atoms with van der Waals surface area (Å²) in [5.41, 5.74) is 1.04. The van der Waals surface area contributed by atoms with Crippen molar-refractivity contribution in [1.82, 2.24) is 9.97 Å². The Morgan fingerprint density at radius 1 is 1.53 bits per heavy atom. The average molecular weight is 206 g/mol. The number of nitrogens with zero attached hydrogens (tertiary/aromatic N) is 2. The molecule has 0 unspecified atom stereocenters. The summed E-state index contributed by atoms with van der Waals surface area (Å²) in [7, 11) is 0. The summed E-state index contributed by atoms with van der Waals surface area (Å²) >= 11 is 0. The normalized spacial score (nSPS) is 16.1. The van der Waals surface area contributed by atoms with E-state index in [1.54, 1.807) is 6.07 Å². The molecule has 1 fully saturated rings. The molecule has 4 nitrogen and oxygen atoms in total. The highest BCUT2D eigenvalue weighted by Gasteiger charge is 2.22. The summed E-state index contributed by atoms with van der Waals surface area (Å²) in [6, 6.07) is 1.62. The van der Waals surface area contributed by atoms with Gasteiger partial charge in [-0.2, -0.15) is 0 Å². The lowest BCUT2D eigenvalue weighted by Gasteiger charge is -2.25. The molecule has 0 radical (unpaired) electrons. The standard InChI is InChI=1S/C11H14N2O2/c1-2-10-12-8(7-4-3-5-7)6-9(13-10)11(14)15/h6-7H,2-5H2,1H3,(H,14,15). The van der Waals surface area contributed by atoms with Crippen LogP contribution in [0.2, 0.25) is 0 Å². The number of aromatic nitrogens is 2. The molecule has 1 heterocycles. The molecule has 4 heteroatoms. The summed E-state index contributed by atoms with van der Waals surface area (Å²) in [5.74, 6) is 0.126. The van der Waals surface area contributed by atoms with Gasteiger partial charge in [-0.05, 0) is 18.9 Å². The molecular formula is C11H14N2O2. The predicted molar refractivity (Wildman–Crippen MR) is 55.0 cm³/mol. The van der Waals surface area contributed by atoms with Crippen LogP contribution in [0.3, 0.4) is 0 Å². The molecular weight excluding hydrogens is 192 g/mol. The number of carbonyl (C=O) groups is 1. The lowest BCUT2D eigenvalue weighted by Crippen LogP contribution is -2.15. The minimum Gasteiger partial charge on any atom is -0.477 e. The van der Waals surface area contributed by atoms with E-state index in [1.165, 1.54) is 6.42 Å². The third kappa shape index (κ3) is 1.98. The molecule has 1 aromatic rings. The third-order valence-electron chi connectivity index (χ3n) is 2.85. The first-order chi connectivity index (χ1) is 7.20. The SMILES string of the molecule is CCc1nc(C(=O)O)cc(C2CCC2)n1. The smallest absolute Gasteiger partial charge is 0.354 e. The van der Waals surface area contributed by atoms with Crippen LogP contribution in [0, 0.1) is 0 Å². The van der Waals surface area contributed by atoms with Gasteiger partial charge in [0, 0.05) is 18.0 Å². The Morgan fingerprint density at radius 2 is 2.27 bits per heavy atom. The van der Waals surface area contributed by atoms with Gasteiger partial charge in [0.1, 0.15) is 5.82 Å². The van der Waals surface area contributed by atoms with Gasteiger partial charge in [0.15, 0.2) is 5.69 Å². The van der Waals surface area contributed by atoms with Gasteiger partial charge in [-0.3, -0.25) is 0 Å². The number of hydrogen-bond donors (Lipinski definition) is 1. The number of aromatic carboxylic acids is 1. The van der Waals surface area contributed by atoms with Crippen molar-refractivity contribution in [3.63, 3.8) is 0 Å². The van der Waals surface area contributed by atoms with Gasteiger partial charge in [0.2, 0.25) is 0 Å². The molecule has 1 saturated carbocycles. The van der Waals surface area contributed by atoms with Crippen molar-refractivity contribution in [3.8, 4) is 0 Å². The quantitative estimate of drug-likeness (QED) is 0.821. The highest BCUT2D eigenvalue weighted by atomic mass is 16.4. The zero-order valence-corrected chi connectivity index (χ0v) is 8.73. The van der Waals surface area contributed by atoms with Crippen molar-refractivity contribution in [1.29, 1.82) is 0 Å². The number of aryl methyl sites for hydroxylation is 1. The van der Waals surface area contributed by atoms with E-state index in [4.69, 9.17) is 5.11 Å². The van der Waals surface area contributed by atoms with E-state index in [0.29, 0.717) is 18.2 Å². The van der Waals surface area contributed by atoms with Crippen molar-refractivity contribution in [3.05, 3.63) is 23.3 Å². The molecule has 0 aliphatic heterocycles. The molecule has 1 aromatic heterocycles. The van der Waals surface area contributed by atoms with Crippen molar-refractivity contribution >= 4 is 5.97 Å². The number of carboxylic acid groups (broad SMARTS) is 1. The lowest BCUT2D eigenvalue weighted by atomic mass is 9.82. The highest BCUT2D eigenvalue weighted by molar-refractivity contribution is 5.85. The van der Waals surface area contributed by atoms with Crippen LogP contribution in [-0.2, 0) is 6.42 Å². The zero-order chi connectivity index (χ0) is 10.8. The van der Waals surface area contributed by atoms with Gasteiger partial charge < -0.3 is 5.11 Å². The second-order valence-electron chi connectivity index (χ2n) is 3.88. The van der Waals surface area contributed by atoms with Crippen molar-refractivity contribution in [2.45, 2.75) is 38.5 Å². The monoisotopic (exact) mass is 206 g/mol. The molecule has 80 valence electrons. The van der Waals surface area contributed by atoms with Gasteiger partial charge in [-0.25, -0.2) is 14.8 Å². The second kappa shape index (κ2) is 3.96. The van der Waals surface area contributed by atoms with E-state index in [0.717, 1.165) is 18.5 Å². The Balaban J connectivity index is 2.36. The van der Waals surface area contributed by atoms with Crippen LogP contribution in [0.4, 0.5) is 0 Å². The maximum Gasteiger partial charge on any atom is 0.354 e. The van der Waals surface area contributed by atoms with Gasteiger partial charge in [-0.15, -0.1) is 0 Å². The second-order valence-corrected chi connectivity index (χ2v) is 3.88. The van der Waals surface area contributed by atoms with Crippen LogP contribution < -0.4 is 0 Å². The molecule has 2 rings (SSSR count). The number of rotatable bonds is 3. The Kier molecular flexibility index (Phi) is 2.66. The van der Waals surface area contributed by atoms with Gasteiger partial charge >= 0.3 is 5.97 Å². The molecule has 0 amide bonds. The third-order valence-corrected chi connectivity index (χ3v) is 2.85. The van der Waals surface area contributed by atoms with E-state index in [2.05, 4.69) is 9.97 Å². The van der Waals surface area contributed by atoms with Crippen LogP contribution in [0.5, 0.6) is 0 Å². The first-order valence-corrected chi connectivity index (χ1v) is 5.32. The Bertz CT molecular complexity index is 386. The van der Waals surface area contributed by atoms with Crippen molar-refractivity contribution in [2.75, 3.05) is 0 Å². The molecule has 1 aliphatic rings. The van der Waals surface area contributed by atoms with Crippen LogP contribution in [0.25, 0.3) is 0 Å². The summed E-state index contributed by atoms with van der Waals surface area (Å²) in [6.07, 6.45) is 4.15. The van der Waals surface area contributed by atoms with E-state index in [9.17, 15) is 4.79 Å². The van der Waals surface area contributed by atoms with Gasteiger partial charge in [-0.1, -0.05) is 13.3 Å². The van der Waals surface area contributed by atoms with Crippen LogP contribution >= 0.6 is 0 Å². The Morgan fingerprint density at radius 3 is 2.73 bits per heavy atom. The average Bonchev–Trinajstić information content (AvgIpc) is 2.14. The maximum atomic E-state index is 10.9. The van der Waals surface area contributed by atoms with Crippen molar-refractivity contribution < 1.29 is 9.90 Å². The van der Waals surface area contributed by atoms with Crippen molar-refractivity contribution in [2.24, 2.45) is 0 Å². The highest BCUT2D eigenvalue weighted by Crippen LogP contribution is 2.35. The fourth-order valence-corrected chi connectivity index (χ4v) is 1.70. The topological polar surface area (TPSA) is 63.1 Å². The summed E-state index contributed by atoms with van der Waals surface area (Å²) in [4.78, 5) is 19.2. The molecule has 0 spiro atoms. The molecule has 0 aromatic carbocycles. The van der Waals surface area contributed by atoms with E-state index in [1.807, 2.05) is 6.92 Å². The molecule has 0 saturated heterocycles. The largest absolute Gasteiger partial charge is 0.477 e. The molecule has 0 bridgehead atoms. The Hall–Kier alpha value is -1.45.